The molecule has 0 radical (unpaired) electrons. The van der Waals surface area contributed by atoms with Gasteiger partial charge in [0.2, 0.25) is 5.91 Å². The van der Waals surface area contributed by atoms with E-state index in [2.05, 4.69) is 15.3 Å². The van der Waals surface area contributed by atoms with Crippen molar-refractivity contribution in [2.24, 2.45) is 5.92 Å². The second-order valence-electron chi connectivity index (χ2n) is 5.28. The Bertz CT molecular complexity index is 600. The van der Waals surface area contributed by atoms with Crippen molar-refractivity contribution in [1.29, 1.82) is 0 Å². The van der Waals surface area contributed by atoms with Crippen LogP contribution in [0.2, 0.25) is 0 Å². The van der Waals surface area contributed by atoms with Gasteiger partial charge in [0.1, 0.15) is 5.01 Å². The van der Waals surface area contributed by atoms with Crippen molar-refractivity contribution >= 4 is 17.2 Å². The third-order valence-corrected chi connectivity index (χ3v) is 4.56. The summed E-state index contributed by atoms with van der Waals surface area (Å²) in [6.45, 7) is 4.01. The first kappa shape index (κ1) is 16.6. The average Bonchev–Trinajstić information content (AvgIpc) is 3.01. The highest BCUT2D eigenvalue weighted by Gasteiger charge is 2.18. The second-order valence-corrected chi connectivity index (χ2v) is 6.14. The number of hydrogen-bond acceptors (Lipinski definition) is 5. The van der Waals surface area contributed by atoms with E-state index in [1.807, 2.05) is 37.4 Å². The Labute approximate surface area is 134 Å². The van der Waals surface area contributed by atoms with Gasteiger partial charge in [0.15, 0.2) is 0 Å². The molecule has 6 heteroatoms. The van der Waals surface area contributed by atoms with Gasteiger partial charge in [-0.1, -0.05) is 26.3 Å². The van der Waals surface area contributed by atoms with E-state index < -0.39 is 0 Å². The maximum Gasteiger partial charge on any atom is 0.226 e. The molecule has 0 aliphatic carbocycles. The molecule has 118 valence electrons. The zero-order valence-electron chi connectivity index (χ0n) is 12.8. The van der Waals surface area contributed by atoms with E-state index in [9.17, 15) is 9.90 Å². The highest BCUT2D eigenvalue weighted by atomic mass is 32.1. The summed E-state index contributed by atoms with van der Waals surface area (Å²) in [5, 5.41) is 14.9. The summed E-state index contributed by atoms with van der Waals surface area (Å²) in [6.07, 6.45) is 2.85. The molecule has 0 unspecified atom stereocenters. The fraction of sp³-hybridized carbons (Fsp3) is 0.438. The van der Waals surface area contributed by atoms with E-state index in [0.717, 1.165) is 22.8 Å². The first-order chi connectivity index (χ1) is 10.6. The number of aliphatic hydroxyl groups excluding tert-OH is 1. The molecule has 0 fully saturated rings. The zero-order chi connectivity index (χ0) is 15.9. The summed E-state index contributed by atoms with van der Waals surface area (Å²) in [5.41, 5.74) is 1.54. The maximum atomic E-state index is 12.1. The zero-order valence-corrected chi connectivity index (χ0v) is 13.6. The molecule has 0 spiro atoms. The molecule has 0 bridgehead atoms. The summed E-state index contributed by atoms with van der Waals surface area (Å²) < 4.78 is 0. The molecular weight excluding hydrogens is 298 g/mol. The average molecular weight is 319 g/mol. The normalized spacial score (nSPS) is 13.6. The molecule has 5 nitrogen and oxygen atoms in total. The number of aliphatic hydroxyl groups is 1. The molecule has 0 saturated heterocycles. The fourth-order valence-corrected chi connectivity index (χ4v) is 2.86. The van der Waals surface area contributed by atoms with Crippen molar-refractivity contribution in [2.75, 3.05) is 6.61 Å². The predicted octanol–water partition coefficient (Wildman–Crippen LogP) is 2.27. The number of amides is 1. The van der Waals surface area contributed by atoms with Crippen molar-refractivity contribution in [3.05, 3.63) is 35.5 Å². The van der Waals surface area contributed by atoms with Gasteiger partial charge in [-0.25, -0.2) is 4.98 Å². The molecule has 2 N–H and O–H groups in total. The molecule has 0 aliphatic rings. The van der Waals surface area contributed by atoms with Gasteiger partial charge in [-0.15, -0.1) is 11.3 Å². The number of nitrogens with zero attached hydrogens (tertiary/aromatic N) is 2. The molecule has 2 aromatic heterocycles. The van der Waals surface area contributed by atoms with Gasteiger partial charge >= 0.3 is 0 Å². The molecule has 0 saturated carbocycles. The SMILES string of the molecule is CC[C@H](C)[C@@H](CO)NC(=O)Cc1csc(-c2ccccn2)n1. The van der Waals surface area contributed by atoms with E-state index in [-0.39, 0.29) is 30.9 Å². The minimum absolute atomic E-state index is 0.0446. The lowest BCUT2D eigenvalue weighted by molar-refractivity contribution is -0.121. The van der Waals surface area contributed by atoms with E-state index in [0.29, 0.717) is 0 Å². The molecule has 0 aromatic carbocycles. The number of thiazole rings is 1. The van der Waals surface area contributed by atoms with Crippen LogP contribution in [0.3, 0.4) is 0 Å². The van der Waals surface area contributed by atoms with Gasteiger partial charge in [0.25, 0.3) is 0 Å². The Balaban J connectivity index is 1.96. The van der Waals surface area contributed by atoms with E-state index in [4.69, 9.17) is 0 Å². The lowest BCUT2D eigenvalue weighted by Crippen LogP contribution is -2.42. The van der Waals surface area contributed by atoms with Gasteiger partial charge in [-0.2, -0.15) is 0 Å². The van der Waals surface area contributed by atoms with Crippen LogP contribution >= 0.6 is 11.3 Å². The molecule has 2 atom stereocenters. The van der Waals surface area contributed by atoms with Crippen molar-refractivity contribution in [3.8, 4) is 10.7 Å². The third kappa shape index (κ3) is 4.35. The number of rotatable bonds is 7. The summed E-state index contributed by atoms with van der Waals surface area (Å²) in [4.78, 5) is 20.8. The van der Waals surface area contributed by atoms with Crippen molar-refractivity contribution in [2.45, 2.75) is 32.7 Å². The first-order valence-electron chi connectivity index (χ1n) is 7.40. The number of hydrogen-bond donors (Lipinski definition) is 2. The minimum Gasteiger partial charge on any atom is -0.394 e. The highest BCUT2D eigenvalue weighted by Crippen LogP contribution is 2.21. The molecular formula is C16H21N3O2S. The number of aromatic nitrogens is 2. The molecule has 1 amide bonds. The fourth-order valence-electron chi connectivity index (χ4n) is 2.07. The number of nitrogens with one attached hydrogen (secondary N) is 1. The predicted molar refractivity (Wildman–Crippen MR) is 87.5 cm³/mol. The number of carbonyl (C=O) groups excluding carboxylic acids is 1. The van der Waals surface area contributed by atoms with Gasteiger partial charge < -0.3 is 10.4 Å². The summed E-state index contributed by atoms with van der Waals surface area (Å²) in [6, 6.07) is 5.46. The highest BCUT2D eigenvalue weighted by molar-refractivity contribution is 7.13. The smallest absolute Gasteiger partial charge is 0.226 e. The third-order valence-electron chi connectivity index (χ3n) is 3.65. The van der Waals surface area contributed by atoms with E-state index in [1.165, 1.54) is 11.3 Å². The van der Waals surface area contributed by atoms with Gasteiger partial charge in [-0.05, 0) is 18.1 Å². The van der Waals surface area contributed by atoms with Crippen LogP contribution in [0.5, 0.6) is 0 Å². The molecule has 2 aromatic rings. The van der Waals surface area contributed by atoms with Crippen molar-refractivity contribution in [1.82, 2.24) is 15.3 Å². The largest absolute Gasteiger partial charge is 0.394 e. The van der Waals surface area contributed by atoms with E-state index >= 15 is 0 Å². The van der Waals surface area contributed by atoms with Crippen LogP contribution in [-0.2, 0) is 11.2 Å². The lowest BCUT2D eigenvalue weighted by Gasteiger charge is -2.21. The second kappa shape index (κ2) is 8.00. The molecule has 2 rings (SSSR count). The number of carbonyl (C=O) groups is 1. The van der Waals surface area contributed by atoms with Crippen LogP contribution in [0.1, 0.15) is 26.0 Å². The van der Waals surface area contributed by atoms with Gasteiger partial charge in [0, 0.05) is 11.6 Å². The standard InChI is InChI=1S/C16H21N3O2S/c1-3-11(2)14(9-20)19-15(21)8-12-10-22-16(18-12)13-6-4-5-7-17-13/h4-7,10-11,14,20H,3,8-9H2,1-2H3,(H,19,21)/t11-,14+/m0/s1. The molecule has 2 heterocycles. The Morgan fingerprint density at radius 2 is 2.27 bits per heavy atom. The van der Waals surface area contributed by atoms with Crippen LogP contribution < -0.4 is 5.32 Å². The molecule has 0 aliphatic heterocycles. The quantitative estimate of drug-likeness (QED) is 0.821. The van der Waals surface area contributed by atoms with Crippen LogP contribution in [0, 0.1) is 5.92 Å². The summed E-state index contributed by atoms with van der Waals surface area (Å²) in [5.74, 6) is 0.130. The van der Waals surface area contributed by atoms with Gasteiger partial charge in [-0.3, -0.25) is 9.78 Å². The van der Waals surface area contributed by atoms with Crippen LogP contribution in [-0.4, -0.2) is 33.6 Å². The van der Waals surface area contributed by atoms with Crippen molar-refractivity contribution in [3.63, 3.8) is 0 Å². The van der Waals surface area contributed by atoms with Crippen LogP contribution in [0.25, 0.3) is 10.7 Å². The number of pyridine rings is 1. The lowest BCUT2D eigenvalue weighted by atomic mass is 10.00. The van der Waals surface area contributed by atoms with E-state index in [1.54, 1.807) is 6.20 Å². The Morgan fingerprint density at radius 3 is 2.91 bits per heavy atom. The van der Waals surface area contributed by atoms with Crippen LogP contribution in [0.4, 0.5) is 0 Å². The summed E-state index contributed by atoms with van der Waals surface area (Å²) in [7, 11) is 0. The van der Waals surface area contributed by atoms with Crippen molar-refractivity contribution < 1.29 is 9.90 Å². The minimum atomic E-state index is -0.202. The first-order valence-corrected chi connectivity index (χ1v) is 8.28. The topological polar surface area (TPSA) is 75.1 Å². The van der Waals surface area contributed by atoms with Crippen LogP contribution in [0.15, 0.2) is 29.8 Å². The molecule has 22 heavy (non-hydrogen) atoms. The monoisotopic (exact) mass is 319 g/mol. The maximum absolute atomic E-state index is 12.1. The Kier molecular flexibility index (Phi) is 6.03. The van der Waals surface area contributed by atoms with Gasteiger partial charge in [0.05, 0.1) is 30.5 Å². The Morgan fingerprint density at radius 1 is 1.45 bits per heavy atom. The summed E-state index contributed by atoms with van der Waals surface area (Å²) >= 11 is 1.48. The Hall–Kier alpha value is -1.79.